The quantitative estimate of drug-likeness (QED) is 0.254. The maximum absolute atomic E-state index is 15.0. The number of rotatable bonds is 6. The Morgan fingerprint density at radius 1 is 0.886 bits per heavy atom. The standard InChI is InChI=1S/C25H20F8O2/c1-2-3-13-8-12-4-6-16(22(29)20(12)24(31)21(13)28)25(32,33)35-15-5-7-19(34-11-15)14-9-17(26)23(30)18(27)10-14/h4,6,8-10,15,19H,2-3,5,7,11H2,1H3. The van der Waals surface area contributed by atoms with Crippen molar-refractivity contribution in [3.63, 3.8) is 0 Å². The van der Waals surface area contributed by atoms with Gasteiger partial charge in [-0.2, -0.15) is 8.78 Å². The largest absolute Gasteiger partial charge is 0.386 e. The fourth-order valence-electron chi connectivity index (χ4n) is 4.23. The van der Waals surface area contributed by atoms with Crippen molar-refractivity contribution in [3.8, 4) is 0 Å². The number of fused-ring (bicyclic) bond motifs is 1. The van der Waals surface area contributed by atoms with Gasteiger partial charge in [0.1, 0.15) is 5.82 Å². The molecule has 10 heteroatoms. The molecule has 1 aliphatic rings. The van der Waals surface area contributed by atoms with E-state index >= 15 is 0 Å². The molecule has 0 aromatic heterocycles. The Balaban J connectivity index is 1.52. The van der Waals surface area contributed by atoms with E-state index in [1.165, 1.54) is 6.07 Å². The topological polar surface area (TPSA) is 18.5 Å². The van der Waals surface area contributed by atoms with Gasteiger partial charge in [-0.15, -0.1) is 0 Å². The summed E-state index contributed by atoms with van der Waals surface area (Å²) in [5.74, 6) is -8.94. The van der Waals surface area contributed by atoms with Crippen molar-refractivity contribution in [2.24, 2.45) is 0 Å². The molecule has 0 bridgehead atoms. The van der Waals surface area contributed by atoms with E-state index in [2.05, 4.69) is 0 Å². The molecule has 3 aromatic carbocycles. The third-order valence-electron chi connectivity index (χ3n) is 5.96. The summed E-state index contributed by atoms with van der Waals surface area (Å²) in [6.07, 6.45) is -5.69. The molecule has 1 saturated heterocycles. The van der Waals surface area contributed by atoms with Crippen molar-refractivity contribution < 1.29 is 44.6 Å². The molecule has 2 unspecified atom stereocenters. The van der Waals surface area contributed by atoms with Crippen molar-refractivity contribution in [2.45, 2.75) is 50.9 Å². The highest BCUT2D eigenvalue weighted by atomic mass is 19.3. The Labute approximate surface area is 195 Å². The van der Waals surface area contributed by atoms with Crippen LogP contribution in [-0.4, -0.2) is 12.7 Å². The summed E-state index contributed by atoms with van der Waals surface area (Å²) in [6, 6.07) is 4.55. The minimum atomic E-state index is -4.21. The smallest absolute Gasteiger partial charge is 0.371 e. The van der Waals surface area contributed by atoms with Crippen molar-refractivity contribution in [3.05, 3.63) is 81.9 Å². The highest BCUT2D eigenvalue weighted by Gasteiger charge is 2.41. The molecule has 3 aromatic rings. The number of aryl methyl sites for hydroxylation is 1. The van der Waals surface area contributed by atoms with E-state index in [1.807, 2.05) is 0 Å². The van der Waals surface area contributed by atoms with Crippen LogP contribution in [0.2, 0.25) is 0 Å². The molecular weight excluding hydrogens is 484 g/mol. The maximum atomic E-state index is 15.0. The van der Waals surface area contributed by atoms with Gasteiger partial charge in [0.15, 0.2) is 29.1 Å². The lowest BCUT2D eigenvalue weighted by Crippen LogP contribution is -2.34. The second-order valence-electron chi connectivity index (χ2n) is 8.39. The molecule has 0 radical (unpaired) electrons. The van der Waals surface area contributed by atoms with E-state index in [0.29, 0.717) is 6.42 Å². The number of halogens is 8. The summed E-state index contributed by atoms with van der Waals surface area (Å²) in [6.45, 7) is 1.32. The van der Waals surface area contributed by atoms with Gasteiger partial charge in [0.2, 0.25) is 0 Å². The summed E-state index contributed by atoms with van der Waals surface area (Å²) in [5, 5.41) is -0.963. The second kappa shape index (κ2) is 9.73. The first-order valence-electron chi connectivity index (χ1n) is 10.9. The Morgan fingerprint density at radius 3 is 2.17 bits per heavy atom. The molecule has 0 saturated carbocycles. The van der Waals surface area contributed by atoms with Crippen molar-refractivity contribution >= 4 is 10.8 Å². The van der Waals surface area contributed by atoms with Crippen LogP contribution in [0.1, 0.15) is 49.0 Å². The molecule has 1 heterocycles. The lowest BCUT2D eigenvalue weighted by molar-refractivity contribution is -0.290. The van der Waals surface area contributed by atoms with Crippen LogP contribution in [-0.2, 0) is 22.0 Å². The number of benzene rings is 3. The van der Waals surface area contributed by atoms with Crippen LogP contribution in [0.5, 0.6) is 0 Å². The molecule has 4 rings (SSSR count). The Hall–Kier alpha value is -2.72. The van der Waals surface area contributed by atoms with Gasteiger partial charge in [-0.3, -0.25) is 0 Å². The molecule has 0 N–H and O–H groups in total. The van der Waals surface area contributed by atoms with Gasteiger partial charge >= 0.3 is 6.11 Å². The maximum Gasteiger partial charge on any atom is 0.386 e. The molecular formula is C25H20F8O2. The molecule has 0 aliphatic carbocycles. The van der Waals surface area contributed by atoms with E-state index < -0.39 is 70.8 Å². The van der Waals surface area contributed by atoms with E-state index in [1.54, 1.807) is 6.92 Å². The van der Waals surface area contributed by atoms with E-state index in [9.17, 15) is 35.1 Å². The zero-order valence-corrected chi connectivity index (χ0v) is 18.4. The van der Waals surface area contributed by atoms with Gasteiger partial charge in [-0.05, 0) is 60.0 Å². The van der Waals surface area contributed by atoms with Gasteiger partial charge in [-0.25, -0.2) is 26.3 Å². The fraction of sp³-hybridized carbons (Fsp3) is 0.360. The van der Waals surface area contributed by atoms with E-state index in [0.717, 1.165) is 24.3 Å². The highest BCUT2D eigenvalue weighted by molar-refractivity contribution is 5.85. The van der Waals surface area contributed by atoms with Crippen molar-refractivity contribution in [1.29, 1.82) is 0 Å². The first kappa shape index (κ1) is 25.4. The van der Waals surface area contributed by atoms with Gasteiger partial charge in [0, 0.05) is 0 Å². The van der Waals surface area contributed by atoms with Gasteiger partial charge < -0.3 is 9.47 Å². The lowest BCUT2D eigenvalue weighted by Gasteiger charge is -2.32. The average Bonchev–Trinajstić information content (AvgIpc) is 2.80. The Morgan fingerprint density at radius 2 is 1.57 bits per heavy atom. The van der Waals surface area contributed by atoms with Crippen LogP contribution >= 0.6 is 0 Å². The number of hydrogen-bond acceptors (Lipinski definition) is 2. The molecule has 1 aliphatic heterocycles. The second-order valence-corrected chi connectivity index (χ2v) is 8.39. The number of alkyl halides is 2. The van der Waals surface area contributed by atoms with E-state index in [-0.39, 0.29) is 35.8 Å². The van der Waals surface area contributed by atoms with Crippen LogP contribution < -0.4 is 0 Å². The lowest BCUT2D eigenvalue weighted by atomic mass is 9.99. The van der Waals surface area contributed by atoms with Crippen LogP contribution in [0.15, 0.2) is 30.3 Å². The van der Waals surface area contributed by atoms with Crippen LogP contribution in [0.25, 0.3) is 10.8 Å². The molecule has 0 spiro atoms. The molecule has 188 valence electrons. The summed E-state index contributed by atoms with van der Waals surface area (Å²) in [7, 11) is 0. The summed E-state index contributed by atoms with van der Waals surface area (Å²) < 4.78 is 124. The highest BCUT2D eigenvalue weighted by Crippen LogP contribution is 2.40. The van der Waals surface area contributed by atoms with Gasteiger partial charge in [0.25, 0.3) is 0 Å². The zero-order valence-electron chi connectivity index (χ0n) is 18.4. The van der Waals surface area contributed by atoms with Crippen molar-refractivity contribution in [2.75, 3.05) is 6.61 Å². The van der Waals surface area contributed by atoms with Crippen LogP contribution in [0.3, 0.4) is 0 Å². The molecule has 2 nitrogen and oxygen atoms in total. The predicted octanol–water partition coefficient (Wildman–Crippen LogP) is 7.61. The summed E-state index contributed by atoms with van der Waals surface area (Å²) >= 11 is 0. The van der Waals surface area contributed by atoms with Gasteiger partial charge in [0.05, 0.1) is 29.8 Å². The Kier molecular flexibility index (Phi) is 7.06. The third-order valence-corrected chi connectivity index (χ3v) is 5.96. The third kappa shape index (κ3) is 4.86. The minimum absolute atomic E-state index is 0.00546. The number of hydrogen-bond donors (Lipinski definition) is 0. The SMILES string of the molecule is CCCc1cc2ccc(C(F)(F)OC3CCC(c4cc(F)c(F)c(F)c4)OC3)c(F)c2c(F)c1F. The predicted molar refractivity (Wildman–Crippen MR) is 111 cm³/mol. The summed E-state index contributed by atoms with van der Waals surface area (Å²) in [5.41, 5.74) is -1.26. The van der Waals surface area contributed by atoms with Crippen molar-refractivity contribution in [1.82, 2.24) is 0 Å². The molecule has 35 heavy (non-hydrogen) atoms. The molecule has 0 amide bonds. The van der Waals surface area contributed by atoms with E-state index in [4.69, 9.17) is 9.47 Å². The first-order valence-corrected chi connectivity index (χ1v) is 10.9. The van der Waals surface area contributed by atoms with Crippen LogP contribution in [0, 0.1) is 34.9 Å². The van der Waals surface area contributed by atoms with Gasteiger partial charge in [-0.1, -0.05) is 19.4 Å². The molecule has 1 fully saturated rings. The summed E-state index contributed by atoms with van der Waals surface area (Å²) in [4.78, 5) is 0. The molecule has 2 atom stereocenters. The van der Waals surface area contributed by atoms with Crippen LogP contribution in [0.4, 0.5) is 35.1 Å². The Bertz CT molecular complexity index is 1230. The first-order chi connectivity index (χ1) is 16.5. The minimum Gasteiger partial charge on any atom is -0.371 e. The fourth-order valence-corrected chi connectivity index (χ4v) is 4.23. The number of ether oxygens (including phenoxy) is 2. The average molecular weight is 504 g/mol. The zero-order chi connectivity index (χ0) is 25.5. The normalized spacial score (nSPS) is 18.9. The monoisotopic (exact) mass is 504 g/mol.